The van der Waals surface area contributed by atoms with E-state index in [4.69, 9.17) is 15.2 Å². The Morgan fingerprint density at radius 2 is 2.06 bits per heavy atom. The van der Waals surface area contributed by atoms with E-state index in [1.165, 1.54) is 0 Å². The van der Waals surface area contributed by atoms with E-state index in [9.17, 15) is 0 Å². The largest absolute Gasteiger partial charge is 0.496 e. The number of hydrogen-bond acceptors (Lipinski definition) is 4. The van der Waals surface area contributed by atoms with Crippen molar-refractivity contribution in [1.82, 2.24) is 4.98 Å². The molecule has 0 saturated heterocycles. The average molecular weight is 238 g/mol. The van der Waals surface area contributed by atoms with Gasteiger partial charge in [-0.2, -0.15) is 0 Å². The predicted molar refractivity (Wildman–Crippen MR) is 68.4 cm³/mol. The van der Waals surface area contributed by atoms with E-state index in [1.54, 1.807) is 14.2 Å². The Bertz CT molecular complexity index is 367. The first-order valence-corrected chi connectivity index (χ1v) is 5.83. The van der Waals surface area contributed by atoms with Gasteiger partial charge in [-0.15, -0.1) is 0 Å². The Balaban J connectivity index is 2.72. The Hall–Kier alpha value is -1.13. The SMILES string of the molecule is COCC(N)CCc1ncc(C)c(OC)c1C. The van der Waals surface area contributed by atoms with Crippen LogP contribution in [0.4, 0.5) is 0 Å². The van der Waals surface area contributed by atoms with Crippen molar-refractivity contribution in [2.45, 2.75) is 32.7 Å². The van der Waals surface area contributed by atoms with E-state index in [0.717, 1.165) is 35.4 Å². The summed E-state index contributed by atoms with van der Waals surface area (Å²) in [5.41, 5.74) is 9.13. The molecule has 0 aromatic carbocycles. The van der Waals surface area contributed by atoms with Gasteiger partial charge in [0.1, 0.15) is 5.75 Å². The molecule has 4 nitrogen and oxygen atoms in total. The number of methoxy groups -OCH3 is 2. The molecule has 0 fully saturated rings. The summed E-state index contributed by atoms with van der Waals surface area (Å²) >= 11 is 0. The Morgan fingerprint density at radius 3 is 2.65 bits per heavy atom. The van der Waals surface area contributed by atoms with Gasteiger partial charge < -0.3 is 15.2 Å². The van der Waals surface area contributed by atoms with E-state index in [-0.39, 0.29) is 6.04 Å². The van der Waals surface area contributed by atoms with Crippen LogP contribution in [0.3, 0.4) is 0 Å². The predicted octanol–water partition coefficient (Wildman–Crippen LogP) is 1.61. The molecule has 1 heterocycles. The number of rotatable bonds is 6. The van der Waals surface area contributed by atoms with Crippen molar-refractivity contribution < 1.29 is 9.47 Å². The van der Waals surface area contributed by atoms with Crippen LogP contribution in [0.2, 0.25) is 0 Å². The van der Waals surface area contributed by atoms with Crippen LogP contribution in [0, 0.1) is 13.8 Å². The topological polar surface area (TPSA) is 57.4 Å². The van der Waals surface area contributed by atoms with Crippen molar-refractivity contribution in [2.75, 3.05) is 20.8 Å². The van der Waals surface area contributed by atoms with Crippen LogP contribution in [-0.2, 0) is 11.2 Å². The standard InChI is InChI=1S/C13H22N2O2/c1-9-7-15-12(10(2)13(9)17-4)6-5-11(14)8-16-3/h7,11H,5-6,8,14H2,1-4H3. The summed E-state index contributed by atoms with van der Waals surface area (Å²) in [6, 6.07) is 0.0634. The van der Waals surface area contributed by atoms with Gasteiger partial charge in [-0.25, -0.2) is 0 Å². The van der Waals surface area contributed by atoms with Gasteiger partial charge in [0.15, 0.2) is 0 Å². The highest BCUT2D eigenvalue weighted by atomic mass is 16.5. The lowest BCUT2D eigenvalue weighted by Crippen LogP contribution is -2.26. The van der Waals surface area contributed by atoms with Gasteiger partial charge in [0.25, 0.3) is 0 Å². The third-order valence-electron chi connectivity index (χ3n) is 2.88. The minimum absolute atomic E-state index is 0.0634. The third kappa shape index (κ3) is 3.68. The molecule has 1 unspecified atom stereocenters. The van der Waals surface area contributed by atoms with E-state index in [2.05, 4.69) is 4.98 Å². The molecule has 0 aliphatic heterocycles. The molecule has 4 heteroatoms. The molecular formula is C13H22N2O2. The van der Waals surface area contributed by atoms with E-state index in [0.29, 0.717) is 6.61 Å². The summed E-state index contributed by atoms with van der Waals surface area (Å²) < 4.78 is 10.4. The van der Waals surface area contributed by atoms with Gasteiger partial charge in [0, 0.05) is 36.2 Å². The number of nitrogens with two attached hydrogens (primary N) is 1. The zero-order valence-electron chi connectivity index (χ0n) is 11.1. The van der Waals surface area contributed by atoms with E-state index in [1.807, 2.05) is 20.0 Å². The fourth-order valence-electron chi connectivity index (χ4n) is 1.94. The zero-order chi connectivity index (χ0) is 12.8. The molecule has 1 aromatic heterocycles. The molecule has 2 N–H and O–H groups in total. The Labute approximate surface area is 103 Å². The van der Waals surface area contributed by atoms with Crippen LogP contribution in [0.25, 0.3) is 0 Å². The second-order valence-corrected chi connectivity index (χ2v) is 4.30. The Morgan fingerprint density at radius 1 is 1.35 bits per heavy atom. The van der Waals surface area contributed by atoms with Crippen molar-refractivity contribution in [3.05, 3.63) is 23.0 Å². The third-order valence-corrected chi connectivity index (χ3v) is 2.88. The second kappa shape index (κ2) is 6.57. The van der Waals surface area contributed by atoms with Crippen LogP contribution in [0.5, 0.6) is 5.75 Å². The monoisotopic (exact) mass is 238 g/mol. The average Bonchev–Trinajstić information content (AvgIpc) is 2.29. The summed E-state index contributed by atoms with van der Waals surface area (Å²) in [4.78, 5) is 4.44. The van der Waals surface area contributed by atoms with Crippen LogP contribution < -0.4 is 10.5 Å². The number of aromatic nitrogens is 1. The smallest absolute Gasteiger partial charge is 0.128 e. The quantitative estimate of drug-likeness (QED) is 0.818. The highest BCUT2D eigenvalue weighted by Gasteiger charge is 2.10. The summed E-state index contributed by atoms with van der Waals surface area (Å²) in [6.07, 6.45) is 3.57. The molecule has 96 valence electrons. The highest BCUT2D eigenvalue weighted by molar-refractivity contribution is 5.41. The molecule has 1 rings (SSSR count). The summed E-state index contributed by atoms with van der Waals surface area (Å²) in [7, 11) is 3.36. The van der Waals surface area contributed by atoms with Crippen LogP contribution >= 0.6 is 0 Å². The molecule has 17 heavy (non-hydrogen) atoms. The molecule has 0 aliphatic carbocycles. The highest BCUT2D eigenvalue weighted by Crippen LogP contribution is 2.24. The molecule has 1 atom stereocenters. The molecule has 0 spiro atoms. The van der Waals surface area contributed by atoms with Crippen molar-refractivity contribution >= 4 is 0 Å². The van der Waals surface area contributed by atoms with Crippen molar-refractivity contribution in [3.8, 4) is 5.75 Å². The number of aryl methyl sites for hydroxylation is 2. The van der Waals surface area contributed by atoms with Gasteiger partial charge in [0.2, 0.25) is 0 Å². The van der Waals surface area contributed by atoms with Gasteiger partial charge in [-0.3, -0.25) is 4.98 Å². The minimum Gasteiger partial charge on any atom is -0.496 e. The molecule has 0 aliphatic rings. The molecule has 1 aromatic rings. The maximum atomic E-state index is 5.90. The van der Waals surface area contributed by atoms with Crippen molar-refractivity contribution in [1.29, 1.82) is 0 Å². The first-order chi connectivity index (χ1) is 8.10. The molecule has 0 saturated carbocycles. The van der Waals surface area contributed by atoms with Crippen molar-refractivity contribution in [2.24, 2.45) is 5.73 Å². The van der Waals surface area contributed by atoms with Gasteiger partial charge in [-0.05, 0) is 26.7 Å². The Kier molecular flexibility index (Phi) is 5.38. The van der Waals surface area contributed by atoms with Crippen LogP contribution in [-0.4, -0.2) is 31.9 Å². The van der Waals surface area contributed by atoms with E-state index < -0.39 is 0 Å². The first-order valence-electron chi connectivity index (χ1n) is 5.83. The molecular weight excluding hydrogens is 216 g/mol. The fourth-order valence-corrected chi connectivity index (χ4v) is 1.94. The number of nitrogens with zero attached hydrogens (tertiary/aromatic N) is 1. The number of ether oxygens (including phenoxy) is 2. The first kappa shape index (κ1) is 13.9. The van der Waals surface area contributed by atoms with Gasteiger partial charge in [0.05, 0.1) is 13.7 Å². The second-order valence-electron chi connectivity index (χ2n) is 4.30. The lowest BCUT2D eigenvalue weighted by Gasteiger charge is -2.14. The number of hydrogen-bond donors (Lipinski definition) is 1. The molecule has 0 amide bonds. The lowest BCUT2D eigenvalue weighted by atomic mass is 10.0. The minimum atomic E-state index is 0.0634. The summed E-state index contributed by atoms with van der Waals surface area (Å²) in [6.45, 7) is 4.62. The number of pyridine rings is 1. The fraction of sp³-hybridized carbons (Fsp3) is 0.615. The molecule has 0 radical (unpaired) electrons. The normalized spacial score (nSPS) is 12.5. The maximum absolute atomic E-state index is 5.90. The summed E-state index contributed by atoms with van der Waals surface area (Å²) in [5.74, 6) is 0.926. The zero-order valence-corrected chi connectivity index (χ0v) is 11.1. The molecule has 0 bridgehead atoms. The van der Waals surface area contributed by atoms with E-state index >= 15 is 0 Å². The van der Waals surface area contributed by atoms with Crippen LogP contribution in [0.1, 0.15) is 23.2 Å². The summed E-state index contributed by atoms with van der Waals surface area (Å²) in [5, 5.41) is 0. The maximum Gasteiger partial charge on any atom is 0.128 e. The van der Waals surface area contributed by atoms with Crippen molar-refractivity contribution in [3.63, 3.8) is 0 Å². The lowest BCUT2D eigenvalue weighted by molar-refractivity contribution is 0.177. The van der Waals surface area contributed by atoms with Crippen LogP contribution in [0.15, 0.2) is 6.20 Å². The van der Waals surface area contributed by atoms with Gasteiger partial charge in [-0.1, -0.05) is 0 Å². The van der Waals surface area contributed by atoms with Gasteiger partial charge >= 0.3 is 0 Å².